The zero-order valence-electron chi connectivity index (χ0n) is 13.2. The Morgan fingerprint density at radius 2 is 1.88 bits per heavy atom. The number of hydrogen-bond acceptors (Lipinski definition) is 6. The van der Waals surface area contributed by atoms with Crippen LogP contribution in [0.2, 0.25) is 0 Å². The minimum Gasteiger partial charge on any atom is -0.423 e. The van der Waals surface area contributed by atoms with E-state index in [-0.39, 0.29) is 5.69 Å². The Morgan fingerprint density at radius 1 is 1.12 bits per heavy atom. The quantitative estimate of drug-likeness (QED) is 0.565. The highest BCUT2D eigenvalue weighted by Gasteiger charge is 2.11. The molecule has 0 unspecified atom stereocenters. The summed E-state index contributed by atoms with van der Waals surface area (Å²) in [5, 5.41) is 12.6. The van der Waals surface area contributed by atoms with Crippen LogP contribution >= 0.6 is 0 Å². The van der Waals surface area contributed by atoms with Gasteiger partial charge in [-0.1, -0.05) is 29.8 Å². The minimum absolute atomic E-state index is 0.137. The second-order valence-corrected chi connectivity index (χ2v) is 5.28. The van der Waals surface area contributed by atoms with E-state index in [4.69, 9.17) is 9.62 Å². The van der Waals surface area contributed by atoms with Gasteiger partial charge in [0.25, 0.3) is 11.9 Å². The minimum atomic E-state index is -0.584. The Balaban J connectivity index is 1.73. The van der Waals surface area contributed by atoms with Crippen LogP contribution in [-0.4, -0.2) is 33.2 Å². The summed E-state index contributed by atoms with van der Waals surface area (Å²) in [5.41, 5.74) is 2.86. The monoisotopic (exact) mass is 324 g/mol. The number of rotatable bonds is 4. The molecule has 2 heterocycles. The molecule has 122 valence electrons. The molecule has 0 saturated carbocycles. The number of benzene rings is 1. The van der Waals surface area contributed by atoms with Crippen molar-refractivity contribution in [1.29, 1.82) is 0 Å². The molecule has 0 aliphatic rings. The molecule has 0 atom stereocenters. The lowest BCUT2D eigenvalue weighted by Crippen LogP contribution is -2.23. The second kappa shape index (κ2) is 6.51. The summed E-state index contributed by atoms with van der Waals surface area (Å²) in [6, 6.07) is 11.4. The third-order valence-corrected chi connectivity index (χ3v) is 3.37. The SMILES string of the molecule is Cc1ccc(-c2cnc(Nc3ccc(C(=O)N(C)O)nc3)o2)cc1. The van der Waals surface area contributed by atoms with Gasteiger partial charge in [0.1, 0.15) is 5.69 Å². The first-order chi connectivity index (χ1) is 11.5. The van der Waals surface area contributed by atoms with E-state index in [9.17, 15) is 4.79 Å². The predicted octanol–water partition coefficient (Wildman–Crippen LogP) is 3.25. The molecule has 24 heavy (non-hydrogen) atoms. The van der Waals surface area contributed by atoms with Crippen LogP contribution in [0.3, 0.4) is 0 Å². The molecule has 2 aromatic heterocycles. The van der Waals surface area contributed by atoms with Gasteiger partial charge in [-0.2, -0.15) is 0 Å². The molecule has 0 fully saturated rings. The third-order valence-electron chi connectivity index (χ3n) is 3.37. The smallest absolute Gasteiger partial charge is 0.299 e. The second-order valence-electron chi connectivity index (χ2n) is 5.28. The van der Waals surface area contributed by atoms with Crippen LogP contribution in [0.1, 0.15) is 16.1 Å². The number of aryl methyl sites for hydroxylation is 1. The highest BCUT2D eigenvalue weighted by atomic mass is 16.5. The van der Waals surface area contributed by atoms with Crippen molar-refractivity contribution in [2.45, 2.75) is 6.92 Å². The molecule has 0 aliphatic carbocycles. The van der Waals surface area contributed by atoms with Crippen LogP contribution < -0.4 is 5.32 Å². The highest BCUT2D eigenvalue weighted by molar-refractivity contribution is 5.91. The number of hydrogen-bond donors (Lipinski definition) is 2. The van der Waals surface area contributed by atoms with Crippen molar-refractivity contribution in [1.82, 2.24) is 15.0 Å². The van der Waals surface area contributed by atoms with Crippen molar-refractivity contribution in [2.24, 2.45) is 0 Å². The standard InChI is InChI=1S/C17H16N4O3/c1-11-3-5-12(6-4-11)15-10-19-17(24-15)20-13-7-8-14(18-9-13)16(22)21(2)23/h3-10,23H,1-2H3,(H,19,20). The molecule has 0 aliphatic heterocycles. The average molecular weight is 324 g/mol. The maximum absolute atomic E-state index is 11.6. The van der Waals surface area contributed by atoms with Gasteiger partial charge >= 0.3 is 0 Å². The summed E-state index contributed by atoms with van der Waals surface area (Å²) in [6.07, 6.45) is 3.10. The topological polar surface area (TPSA) is 91.5 Å². The lowest BCUT2D eigenvalue weighted by atomic mass is 10.1. The van der Waals surface area contributed by atoms with Crippen molar-refractivity contribution in [2.75, 3.05) is 12.4 Å². The van der Waals surface area contributed by atoms with Gasteiger partial charge < -0.3 is 9.73 Å². The Hall–Kier alpha value is -3.19. The number of oxazole rings is 1. The third kappa shape index (κ3) is 3.41. The zero-order chi connectivity index (χ0) is 17.1. The first-order valence-corrected chi connectivity index (χ1v) is 7.26. The van der Waals surface area contributed by atoms with Gasteiger partial charge in [0.2, 0.25) is 0 Å². The van der Waals surface area contributed by atoms with Crippen molar-refractivity contribution in [3.05, 3.63) is 60.0 Å². The number of carbonyl (C=O) groups excluding carboxylic acids is 1. The molecule has 1 aromatic carbocycles. The molecule has 0 saturated heterocycles. The van der Waals surface area contributed by atoms with E-state index in [1.807, 2.05) is 31.2 Å². The van der Waals surface area contributed by atoms with E-state index in [1.54, 1.807) is 12.3 Å². The lowest BCUT2D eigenvalue weighted by Gasteiger charge is -2.07. The lowest BCUT2D eigenvalue weighted by molar-refractivity contribution is -0.0379. The summed E-state index contributed by atoms with van der Waals surface area (Å²) < 4.78 is 5.66. The van der Waals surface area contributed by atoms with Gasteiger partial charge in [-0.25, -0.2) is 15.0 Å². The van der Waals surface area contributed by atoms with E-state index >= 15 is 0 Å². The molecule has 3 aromatic rings. The van der Waals surface area contributed by atoms with E-state index in [1.165, 1.54) is 24.9 Å². The Morgan fingerprint density at radius 3 is 2.50 bits per heavy atom. The first-order valence-electron chi connectivity index (χ1n) is 7.26. The summed E-state index contributed by atoms with van der Waals surface area (Å²) in [6.45, 7) is 2.02. The van der Waals surface area contributed by atoms with Gasteiger partial charge in [0.15, 0.2) is 5.76 Å². The zero-order valence-corrected chi connectivity index (χ0v) is 13.2. The molecular weight excluding hydrogens is 308 g/mol. The largest absolute Gasteiger partial charge is 0.423 e. The number of pyridine rings is 1. The van der Waals surface area contributed by atoms with Crippen molar-refractivity contribution < 1.29 is 14.4 Å². The van der Waals surface area contributed by atoms with Crippen LogP contribution in [0.5, 0.6) is 0 Å². The van der Waals surface area contributed by atoms with Gasteiger partial charge in [0, 0.05) is 12.6 Å². The Labute approximate surface area is 138 Å². The molecule has 7 nitrogen and oxygen atoms in total. The molecular formula is C17H16N4O3. The van der Waals surface area contributed by atoms with Crippen LogP contribution in [0, 0.1) is 6.92 Å². The van der Waals surface area contributed by atoms with E-state index < -0.39 is 5.91 Å². The number of hydroxylamine groups is 2. The molecule has 0 spiro atoms. The van der Waals surface area contributed by atoms with E-state index in [2.05, 4.69) is 15.3 Å². The van der Waals surface area contributed by atoms with Crippen molar-refractivity contribution >= 4 is 17.6 Å². The normalized spacial score (nSPS) is 10.5. The van der Waals surface area contributed by atoms with Crippen LogP contribution in [0.25, 0.3) is 11.3 Å². The summed E-state index contributed by atoms with van der Waals surface area (Å²) in [5.74, 6) is 0.0680. The maximum Gasteiger partial charge on any atom is 0.299 e. The van der Waals surface area contributed by atoms with Crippen LogP contribution in [0.4, 0.5) is 11.7 Å². The fourth-order valence-electron chi connectivity index (χ4n) is 2.07. The van der Waals surface area contributed by atoms with Crippen LogP contribution in [0.15, 0.2) is 53.2 Å². The van der Waals surface area contributed by atoms with Crippen molar-refractivity contribution in [3.8, 4) is 11.3 Å². The molecule has 0 radical (unpaired) electrons. The maximum atomic E-state index is 11.6. The Kier molecular flexibility index (Phi) is 4.26. The molecule has 0 bridgehead atoms. The predicted molar refractivity (Wildman–Crippen MR) is 88.1 cm³/mol. The van der Waals surface area contributed by atoms with Crippen LogP contribution in [-0.2, 0) is 0 Å². The van der Waals surface area contributed by atoms with E-state index in [0.29, 0.717) is 22.5 Å². The van der Waals surface area contributed by atoms with Gasteiger partial charge in [0.05, 0.1) is 18.1 Å². The fraction of sp³-hybridized carbons (Fsp3) is 0.118. The average Bonchev–Trinajstić information content (AvgIpc) is 3.04. The summed E-state index contributed by atoms with van der Waals surface area (Å²) in [4.78, 5) is 19.7. The first kappa shape index (κ1) is 15.7. The summed E-state index contributed by atoms with van der Waals surface area (Å²) in [7, 11) is 1.25. The van der Waals surface area contributed by atoms with E-state index in [0.717, 1.165) is 5.56 Å². The van der Waals surface area contributed by atoms with Crippen molar-refractivity contribution in [3.63, 3.8) is 0 Å². The van der Waals surface area contributed by atoms with Gasteiger partial charge in [-0.15, -0.1) is 0 Å². The number of nitrogens with one attached hydrogen (secondary N) is 1. The number of nitrogens with zero attached hydrogens (tertiary/aromatic N) is 3. The number of aromatic nitrogens is 2. The highest BCUT2D eigenvalue weighted by Crippen LogP contribution is 2.24. The Bertz CT molecular complexity index is 839. The summed E-state index contributed by atoms with van der Waals surface area (Å²) >= 11 is 0. The fourth-order valence-corrected chi connectivity index (χ4v) is 2.07. The number of anilines is 2. The molecule has 7 heteroatoms. The molecule has 2 N–H and O–H groups in total. The van der Waals surface area contributed by atoms with Gasteiger partial charge in [-0.3, -0.25) is 10.0 Å². The van der Waals surface area contributed by atoms with Gasteiger partial charge in [-0.05, 0) is 19.1 Å². The molecule has 3 rings (SSSR count). The molecule has 1 amide bonds. The number of carbonyl (C=O) groups is 1. The number of amides is 1.